The molecule has 34 heavy (non-hydrogen) atoms. The first kappa shape index (κ1) is 22.6. The maximum atomic E-state index is 13.2. The van der Waals surface area contributed by atoms with Gasteiger partial charge in [0.1, 0.15) is 0 Å². The Morgan fingerprint density at radius 1 is 0.971 bits per heavy atom. The van der Waals surface area contributed by atoms with Gasteiger partial charge in [-0.15, -0.1) is 11.3 Å². The molecular weight excluding hydrogens is 444 g/mol. The fourth-order valence-electron chi connectivity index (χ4n) is 5.10. The molecule has 7 heteroatoms. The first-order chi connectivity index (χ1) is 16.4. The van der Waals surface area contributed by atoms with Crippen molar-refractivity contribution in [2.24, 2.45) is 5.41 Å². The van der Waals surface area contributed by atoms with E-state index in [0.717, 1.165) is 72.1 Å². The summed E-state index contributed by atoms with van der Waals surface area (Å²) in [7, 11) is 0. The van der Waals surface area contributed by atoms with Crippen LogP contribution in [-0.2, 0) is 0 Å². The number of hydrogen-bond acceptors (Lipinski definition) is 4. The van der Waals surface area contributed by atoms with Gasteiger partial charge in [0, 0.05) is 38.1 Å². The van der Waals surface area contributed by atoms with E-state index in [4.69, 9.17) is 0 Å². The molecule has 0 saturated carbocycles. The maximum absolute atomic E-state index is 13.2. The van der Waals surface area contributed by atoms with Gasteiger partial charge in [-0.25, -0.2) is 4.79 Å². The van der Waals surface area contributed by atoms with Crippen LogP contribution in [-0.4, -0.2) is 52.9 Å². The standard InChI is InChI=1S/C27H30N4O2S/c1-19-6-7-21(20(2)17-19)29-26(33)30-14-10-27(11-15-30)12-16-31(18-27)25(32)24-9-8-23(34-24)22-5-3-4-13-28-22/h3-9,13,17H,10-12,14-16,18H2,1-2H3,(H,29,33). The van der Waals surface area contributed by atoms with Crippen LogP contribution in [0.1, 0.15) is 40.1 Å². The predicted molar refractivity (Wildman–Crippen MR) is 136 cm³/mol. The van der Waals surface area contributed by atoms with Crippen LogP contribution in [0.4, 0.5) is 10.5 Å². The Labute approximate surface area is 204 Å². The molecule has 0 radical (unpaired) electrons. The van der Waals surface area contributed by atoms with Gasteiger partial charge in [0.25, 0.3) is 5.91 Å². The number of benzene rings is 1. The Hall–Kier alpha value is -3.19. The summed E-state index contributed by atoms with van der Waals surface area (Å²) < 4.78 is 0. The van der Waals surface area contributed by atoms with Crippen molar-refractivity contribution in [3.8, 4) is 10.6 Å². The van der Waals surface area contributed by atoms with Gasteiger partial charge in [-0.1, -0.05) is 23.8 Å². The van der Waals surface area contributed by atoms with Crippen LogP contribution in [0.15, 0.2) is 54.7 Å². The number of anilines is 1. The van der Waals surface area contributed by atoms with Gasteiger partial charge in [-0.05, 0) is 74.4 Å². The number of nitrogens with zero attached hydrogens (tertiary/aromatic N) is 3. The van der Waals surface area contributed by atoms with E-state index < -0.39 is 0 Å². The summed E-state index contributed by atoms with van der Waals surface area (Å²) in [6.45, 7) is 7.07. The van der Waals surface area contributed by atoms with E-state index in [-0.39, 0.29) is 17.4 Å². The first-order valence-electron chi connectivity index (χ1n) is 11.9. The fraction of sp³-hybridized carbons (Fsp3) is 0.370. The number of pyridine rings is 1. The number of aromatic nitrogens is 1. The Balaban J connectivity index is 1.17. The van der Waals surface area contributed by atoms with Gasteiger partial charge in [0.15, 0.2) is 0 Å². The lowest BCUT2D eigenvalue weighted by atomic mass is 9.78. The van der Waals surface area contributed by atoms with E-state index in [1.165, 1.54) is 16.9 Å². The zero-order chi connectivity index (χ0) is 23.7. The Morgan fingerprint density at radius 3 is 2.44 bits per heavy atom. The average Bonchev–Trinajstić information content (AvgIpc) is 3.50. The second-order valence-corrected chi connectivity index (χ2v) is 10.7. The molecule has 2 saturated heterocycles. The van der Waals surface area contributed by atoms with E-state index in [0.29, 0.717) is 0 Å². The number of nitrogens with one attached hydrogen (secondary N) is 1. The average molecular weight is 475 g/mol. The van der Waals surface area contributed by atoms with Gasteiger partial charge in [0.2, 0.25) is 0 Å². The summed E-state index contributed by atoms with van der Waals surface area (Å²) in [5.74, 6) is 0.110. The van der Waals surface area contributed by atoms with E-state index in [1.807, 2.05) is 59.2 Å². The fourth-order valence-corrected chi connectivity index (χ4v) is 6.05. The van der Waals surface area contributed by atoms with Crippen molar-refractivity contribution in [2.45, 2.75) is 33.1 Å². The number of hydrogen-bond donors (Lipinski definition) is 1. The molecule has 176 valence electrons. The number of piperidine rings is 1. The Bertz CT molecular complexity index is 1200. The number of carbonyl (C=O) groups excluding carboxylic acids is 2. The lowest BCUT2D eigenvalue weighted by molar-refractivity contribution is 0.0744. The number of rotatable bonds is 3. The number of urea groups is 1. The van der Waals surface area contributed by atoms with E-state index in [2.05, 4.69) is 23.3 Å². The Kier molecular flexibility index (Phi) is 6.13. The summed E-state index contributed by atoms with van der Waals surface area (Å²) in [6, 6.07) is 15.8. The van der Waals surface area contributed by atoms with Crippen LogP contribution in [0, 0.1) is 19.3 Å². The third-order valence-corrected chi connectivity index (χ3v) is 8.29. The van der Waals surface area contributed by atoms with Crippen LogP contribution in [0.25, 0.3) is 10.6 Å². The van der Waals surface area contributed by atoms with Crippen LogP contribution in [0.2, 0.25) is 0 Å². The maximum Gasteiger partial charge on any atom is 0.321 e. The lowest BCUT2D eigenvalue weighted by Crippen LogP contribution is -2.46. The van der Waals surface area contributed by atoms with Crippen LogP contribution in [0.3, 0.4) is 0 Å². The molecule has 3 aromatic rings. The molecular formula is C27H30N4O2S. The second-order valence-electron chi connectivity index (χ2n) is 9.59. The van der Waals surface area contributed by atoms with Crippen molar-refractivity contribution in [3.05, 3.63) is 70.7 Å². The number of aryl methyl sites for hydroxylation is 2. The highest BCUT2D eigenvalue weighted by Gasteiger charge is 2.43. The lowest BCUT2D eigenvalue weighted by Gasteiger charge is -2.39. The third-order valence-electron chi connectivity index (χ3n) is 7.19. The zero-order valence-corrected chi connectivity index (χ0v) is 20.5. The molecule has 4 heterocycles. The SMILES string of the molecule is Cc1ccc(NC(=O)N2CCC3(CC2)CCN(C(=O)c2ccc(-c4ccccn4)s2)C3)c(C)c1. The number of carbonyl (C=O) groups is 2. The molecule has 0 aliphatic carbocycles. The van der Waals surface area contributed by atoms with Crippen LogP contribution >= 0.6 is 11.3 Å². The topological polar surface area (TPSA) is 65.5 Å². The van der Waals surface area contributed by atoms with Gasteiger partial charge in [0.05, 0.1) is 15.4 Å². The highest BCUT2D eigenvalue weighted by Crippen LogP contribution is 2.41. The zero-order valence-electron chi connectivity index (χ0n) is 19.7. The van der Waals surface area contributed by atoms with E-state index >= 15 is 0 Å². The molecule has 1 spiro atoms. The monoisotopic (exact) mass is 474 g/mol. The molecule has 2 aliphatic heterocycles. The molecule has 2 aromatic heterocycles. The number of likely N-dealkylation sites (tertiary alicyclic amines) is 2. The van der Waals surface area contributed by atoms with Crippen LogP contribution < -0.4 is 5.32 Å². The summed E-state index contributed by atoms with van der Waals surface area (Å²) in [5.41, 5.74) is 4.15. The normalized spacial score (nSPS) is 17.2. The molecule has 6 nitrogen and oxygen atoms in total. The first-order valence-corrected chi connectivity index (χ1v) is 12.7. The molecule has 2 aliphatic rings. The molecule has 3 amide bonds. The molecule has 2 fully saturated rings. The van der Waals surface area contributed by atoms with E-state index in [9.17, 15) is 9.59 Å². The van der Waals surface area contributed by atoms with Gasteiger partial charge >= 0.3 is 6.03 Å². The highest BCUT2D eigenvalue weighted by atomic mass is 32.1. The van der Waals surface area contributed by atoms with Crippen molar-refractivity contribution in [1.82, 2.24) is 14.8 Å². The number of amides is 3. The minimum Gasteiger partial charge on any atom is -0.337 e. The second kappa shape index (κ2) is 9.22. The van der Waals surface area contributed by atoms with Crippen molar-refractivity contribution < 1.29 is 9.59 Å². The smallest absolute Gasteiger partial charge is 0.321 e. The summed E-state index contributed by atoms with van der Waals surface area (Å²) in [4.78, 5) is 36.1. The van der Waals surface area contributed by atoms with Gasteiger partial charge in [-0.3, -0.25) is 9.78 Å². The summed E-state index contributed by atoms with van der Waals surface area (Å²) in [6.07, 6.45) is 4.64. The molecule has 0 bridgehead atoms. The summed E-state index contributed by atoms with van der Waals surface area (Å²) in [5, 5.41) is 3.07. The third kappa shape index (κ3) is 4.57. The minimum atomic E-state index is -0.0339. The largest absolute Gasteiger partial charge is 0.337 e. The summed E-state index contributed by atoms with van der Waals surface area (Å²) >= 11 is 1.51. The molecule has 0 unspecified atom stereocenters. The van der Waals surface area contributed by atoms with Gasteiger partial charge < -0.3 is 15.1 Å². The molecule has 1 aromatic carbocycles. The van der Waals surface area contributed by atoms with E-state index in [1.54, 1.807) is 6.20 Å². The van der Waals surface area contributed by atoms with Crippen molar-refractivity contribution in [3.63, 3.8) is 0 Å². The van der Waals surface area contributed by atoms with Gasteiger partial charge in [-0.2, -0.15) is 0 Å². The number of thiophene rings is 1. The van der Waals surface area contributed by atoms with Crippen molar-refractivity contribution >= 4 is 29.0 Å². The molecule has 1 N–H and O–H groups in total. The molecule has 5 rings (SSSR count). The quantitative estimate of drug-likeness (QED) is 0.538. The van der Waals surface area contributed by atoms with Crippen molar-refractivity contribution in [2.75, 3.05) is 31.5 Å². The van der Waals surface area contributed by atoms with Crippen molar-refractivity contribution in [1.29, 1.82) is 0 Å². The van der Waals surface area contributed by atoms with Crippen LogP contribution in [0.5, 0.6) is 0 Å². The molecule has 0 atom stereocenters. The Morgan fingerprint density at radius 2 is 1.74 bits per heavy atom. The predicted octanol–water partition coefficient (Wildman–Crippen LogP) is 5.59. The highest BCUT2D eigenvalue weighted by molar-refractivity contribution is 7.17. The minimum absolute atomic E-state index is 0.0339.